The van der Waals surface area contributed by atoms with Crippen molar-refractivity contribution in [3.8, 4) is 0 Å². The Labute approximate surface area is 170 Å². The van der Waals surface area contributed by atoms with Crippen LogP contribution in [0, 0.1) is 6.92 Å². The highest BCUT2D eigenvalue weighted by Crippen LogP contribution is 2.15. The molecule has 6 heteroatoms. The number of likely N-dealkylation sites (tertiary alicyclic amines) is 1. The molecule has 0 radical (unpaired) electrons. The van der Waals surface area contributed by atoms with E-state index in [0.717, 1.165) is 43.7 Å². The molecular weight excluding hydrogens is 348 g/mol. The zero-order valence-corrected chi connectivity index (χ0v) is 18.0. The number of nitrogens with zero attached hydrogens (tertiary/aromatic N) is 4. The maximum atomic E-state index is 5.16. The summed E-state index contributed by atoms with van der Waals surface area (Å²) in [5.41, 5.74) is 3.58. The Balaban J connectivity index is 0.000000301. The molecule has 0 saturated carbocycles. The molecule has 0 aliphatic carbocycles. The van der Waals surface area contributed by atoms with E-state index in [-0.39, 0.29) is 0 Å². The Kier molecular flexibility index (Phi) is 11.5. The van der Waals surface area contributed by atoms with Crippen molar-refractivity contribution in [3.05, 3.63) is 53.5 Å². The summed E-state index contributed by atoms with van der Waals surface area (Å²) < 4.78 is 0. The van der Waals surface area contributed by atoms with Gasteiger partial charge in [-0.05, 0) is 51.9 Å². The second-order valence-corrected chi connectivity index (χ2v) is 6.67. The van der Waals surface area contributed by atoms with E-state index in [4.69, 9.17) is 5.84 Å². The summed E-state index contributed by atoms with van der Waals surface area (Å²) in [5.74, 6) is 5.97. The van der Waals surface area contributed by atoms with E-state index in [0.29, 0.717) is 6.04 Å². The average Bonchev–Trinajstić information content (AvgIpc) is 2.74. The third kappa shape index (κ3) is 8.48. The Bertz CT molecular complexity index is 676. The molecule has 3 N–H and O–H groups in total. The van der Waals surface area contributed by atoms with Crippen molar-refractivity contribution >= 4 is 12.0 Å². The number of hydrazone groups is 1. The van der Waals surface area contributed by atoms with Gasteiger partial charge in [0.15, 0.2) is 0 Å². The molecule has 0 amide bonds. The van der Waals surface area contributed by atoms with Gasteiger partial charge in [-0.25, -0.2) is 9.97 Å². The highest BCUT2D eigenvalue weighted by Gasteiger charge is 2.17. The van der Waals surface area contributed by atoms with Gasteiger partial charge in [-0.15, -0.1) is 0 Å². The van der Waals surface area contributed by atoms with Gasteiger partial charge in [0.1, 0.15) is 12.1 Å². The lowest BCUT2D eigenvalue weighted by molar-refractivity contribution is 0.263. The van der Waals surface area contributed by atoms with E-state index < -0.39 is 0 Å². The summed E-state index contributed by atoms with van der Waals surface area (Å²) in [4.78, 5) is 10.5. The molecular formula is C22H36N6. The first kappa shape index (κ1) is 23.6. The van der Waals surface area contributed by atoms with Crippen LogP contribution in [0.4, 0.5) is 5.82 Å². The van der Waals surface area contributed by atoms with Crippen molar-refractivity contribution in [2.75, 3.05) is 25.5 Å². The van der Waals surface area contributed by atoms with Crippen LogP contribution in [-0.2, 0) is 6.42 Å². The van der Waals surface area contributed by atoms with Gasteiger partial charge in [-0.2, -0.15) is 5.10 Å². The molecule has 0 bridgehead atoms. The molecule has 2 aromatic rings. The van der Waals surface area contributed by atoms with Gasteiger partial charge in [0.05, 0.1) is 11.8 Å². The van der Waals surface area contributed by atoms with Gasteiger partial charge in [-0.3, -0.25) is 0 Å². The van der Waals surface area contributed by atoms with Gasteiger partial charge in [0.2, 0.25) is 0 Å². The minimum absolute atomic E-state index is 0.464. The van der Waals surface area contributed by atoms with Gasteiger partial charge >= 0.3 is 0 Å². The maximum absolute atomic E-state index is 5.16. The number of aromatic nitrogens is 2. The third-order valence-corrected chi connectivity index (χ3v) is 4.54. The topological polar surface area (TPSA) is 79.4 Å². The molecule has 1 aliphatic rings. The molecule has 1 aromatic carbocycles. The molecule has 2 heterocycles. The number of benzene rings is 1. The monoisotopic (exact) mass is 384 g/mol. The molecule has 28 heavy (non-hydrogen) atoms. The Morgan fingerprint density at radius 1 is 1.21 bits per heavy atom. The second-order valence-electron chi connectivity index (χ2n) is 6.67. The van der Waals surface area contributed by atoms with Crippen LogP contribution in [0.1, 0.15) is 50.3 Å². The molecule has 0 spiro atoms. The van der Waals surface area contributed by atoms with Gasteiger partial charge in [-0.1, -0.05) is 50.6 Å². The van der Waals surface area contributed by atoms with E-state index in [9.17, 15) is 0 Å². The lowest BCUT2D eigenvalue weighted by Crippen LogP contribution is -2.37. The first-order valence-electron chi connectivity index (χ1n) is 10.2. The number of nitrogens with two attached hydrogens (primary N) is 1. The number of hydrogen-bond acceptors (Lipinski definition) is 6. The minimum atomic E-state index is 0.464. The van der Waals surface area contributed by atoms with E-state index in [2.05, 4.69) is 70.4 Å². The van der Waals surface area contributed by atoms with E-state index >= 15 is 0 Å². The molecule has 3 rings (SSSR count). The van der Waals surface area contributed by atoms with Crippen molar-refractivity contribution in [2.45, 2.75) is 53.0 Å². The summed E-state index contributed by atoms with van der Waals surface area (Å²) in [6.45, 7) is 10.5. The van der Waals surface area contributed by atoms with Gasteiger partial charge in [0, 0.05) is 12.2 Å². The van der Waals surface area contributed by atoms with E-state index in [1.54, 1.807) is 12.4 Å². The van der Waals surface area contributed by atoms with Gasteiger partial charge < -0.3 is 16.1 Å². The summed E-state index contributed by atoms with van der Waals surface area (Å²) in [6, 6.07) is 9.12. The fourth-order valence-electron chi connectivity index (χ4n) is 2.81. The first-order chi connectivity index (χ1) is 13.6. The smallest absolute Gasteiger partial charge is 0.138 e. The number of hydrogen-bond donors (Lipinski definition) is 2. The van der Waals surface area contributed by atoms with Crippen LogP contribution in [0.25, 0.3) is 0 Å². The highest BCUT2D eigenvalue weighted by atomic mass is 15.1. The molecule has 1 aliphatic heterocycles. The Morgan fingerprint density at radius 2 is 1.86 bits per heavy atom. The van der Waals surface area contributed by atoms with E-state index in [1.165, 1.54) is 17.5 Å². The molecule has 154 valence electrons. The largest absolute Gasteiger partial charge is 0.367 e. The van der Waals surface area contributed by atoms with Crippen LogP contribution in [0.5, 0.6) is 0 Å². The van der Waals surface area contributed by atoms with Crippen LogP contribution >= 0.6 is 0 Å². The second kappa shape index (κ2) is 13.7. The minimum Gasteiger partial charge on any atom is -0.367 e. The summed E-state index contributed by atoms with van der Waals surface area (Å²) in [5, 5.41) is 6.95. The van der Waals surface area contributed by atoms with E-state index in [1.807, 2.05) is 13.8 Å². The molecule has 1 saturated heterocycles. The Morgan fingerprint density at radius 3 is 2.43 bits per heavy atom. The van der Waals surface area contributed by atoms with Crippen molar-refractivity contribution in [2.24, 2.45) is 10.9 Å². The number of nitrogens with one attached hydrogen (secondary N) is 1. The lowest BCUT2D eigenvalue weighted by atomic mass is 10.1. The number of aryl methyl sites for hydroxylation is 2. The molecule has 1 aromatic heterocycles. The fraction of sp³-hybridized carbons (Fsp3) is 0.500. The van der Waals surface area contributed by atoms with Crippen LogP contribution in [0.3, 0.4) is 0 Å². The number of rotatable bonds is 4. The van der Waals surface area contributed by atoms with Gasteiger partial charge in [0.25, 0.3) is 0 Å². The molecule has 0 unspecified atom stereocenters. The highest BCUT2D eigenvalue weighted by molar-refractivity contribution is 5.85. The standard InChI is InChI=1S/C11H18N6.C9H12.C2H6/c1-17-4-2-10(3-5-17)16-11-9(7-15-12)6-13-8-14-11;1-3-9-6-4-8(2)5-7-9;1-2/h6-8,10H,2-5,12H2,1H3,(H,13,14,16);4-7H,3H2,1-2H3;1-2H3/b15-7-;;. The Hall–Kier alpha value is -2.47. The van der Waals surface area contributed by atoms with Crippen molar-refractivity contribution < 1.29 is 0 Å². The summed E-state index contributed by atoms with van der Waals surface area (Å²) in [7, 11) is 2.15. The van der Waals surface area contributed by atoms with Crippen LogP contribution in [-0.4, -0.2) is 47.3 Å². The average molecular weight is 385 g/mol. The van der Waals surface area contributed by atoms with Crippen LogP contribution in [0.15, 0.2) is 41.9 Å². The number of piperidine rings is 1. The van der Waals surface area contributed by atoms with Crippen LogP contribution in [0.2, 0.25) is 0 Å². The lowest BCUT2D eigenvalue weighted by Gasteiger charge is -2.30. The maximum Gasteiger partial charge on any atom is 0.138 e. The fourth-order valence-corrected chi connectivity index (χ4v) is 2.81. The molecule has 6 nitrogen and oxygen atoms in total. The summed E-state index contributed by atoms with van der Waals surface area (Å²) in [6.07, 6.45) is 8.20. The van der Waals surface area contributed by atoms with Crippen molar-refractivity contribution in [1.82, 2.24) is 14.9 Å². The predicted octanol–water partition coefficient (Wildman–Crippen LogP) is 3.86. The molecule has 1 fully saturated rings. The quantitative estimate of drug-likeness (QED) is 0.475. The SMILES string of the molecule is CC.CCc1ccc(C)cc1.CN1CCC(Nc2ncncc2/C=N\N)CC1. The zero-order chi connectivity index (χ0) is 20.8. The zero-order valence-electron chi connectivity index (χ0n) is 18.0. The first-order valence-corrected chi connectivity index (χ1v) is 10.2. The van der Waals surface area contributed by atoms with Crippen molar-refractivity contribution in [1.29, 1.82) is 0 Å². The summed E-state index contributed by atoms with van der Waals surface area (Å²) >= 11 is 0. The van der Waals surface area contributed by atoms with Crippen LogP contribution < -0.4 is 11.2 Å². The third-order valence-electron chi connectivity index (χ3n) is 4.54. The predicted molar refractivity (Wildman–Crippen MR) is 120 cm³/mol. The number of anilines is 1. The normalized spacial score (nSPS) is 14.6. The van der Waals surface area contributed by atoms with Crippen molar-refractivity contribution in [3.63, 3.8) is 0 Å². The molecule has 0 atom stereocenters.